The first kappa shape index (κ1) is 13.2. The average molecular weight is 239 g/mol. The number of halogens is 1. The minimum absolute atomic E-state index is 0.0476. The molecule has 1 N–H and O–H groups in total. The van der Waals surface area contributed by atoms with Crippen LogP contribution in [0.3, 0.4) is 0 Å². The molecule has 17 heavy (non-hydrogen) atoms. The number of anilines is 1. The van der Waals surface area contributed by atoms with Crippen molar-refractivity contribution in [2.75, 3.05) is 12.4 Å². The van der Waals surface area contributed by atoms with Gasteiger partial charge in [0.2, 0.25) is 5.91 Å². The van der Waals surface area contributed by atoms with Gasteiger partial charge in [-0.3, -0.25) is 4.79 Å². The number of Topliss-reactive ketones (excluding diaryl/α,β-unsaturated/α-hetero) is 1. The van der Waals surface area contributed by atoms with E-state index in [1.807, 2.05) is 0 Å². The number of hydrogen-bond acceptors (Lipinski definition) is 3. The summed E-state index contributed by atoms with van der Waals surface area (Å²) >= 11 is 0. The van der Waals surface area contributed by atoms with E-state index in [2.05, 4.69) is 5.32 Å². The van der Waals surface area contributed by atoms with E-state index < -0.39 is 11.7 Å². The van der Waals surface area contributed by atoms with Gasteiger partial charge in [-0.05, 0) is 19.1 Å². The summed E-state index contributed by atoms with van der Waals surface area (Å²) in [6.07, 6.45) is 0.198. The van der Waals surface area contributed by atoms with Crippen molar-refractivity contribution in [3.8, 4) is 5.75 Å². The molecule has 0 aliphatic heterocycles. The largest absolute Gasteiger partial charge is 0.497 e. The summed E-state index contributed by atoms with van der Waals surface area (Å²) in [5.74, 6) is -0.561. The Hall–Kier alpha value is -1.91. The van der Waals surface area contributed by atoms with Gasteiger partial charge in [-0.2, -0.15) is 0 Å². The third kappa shape index (κ3) is 4.22. The summed E-state index contributed by atoms with van der Waals surface area (Å²) in [5, 5.41) is 2.39. The second-order valence-electron chi connectivity index (χ2n) is 3.60. The van der Waals surface area contributed by atoms with Crippen LogP contribution in [-0.4, -0.2) is 18.8 Å². The van der Waals surface area contributed by atoms with Crippen molar-refractivity contribution in [3.63, 3.8) is 0 Å². The maximum atomic E-state index is 13.3. The van der Waals surface area contributed by atoms with Crippen molar-refractivity contribution in [2.45, 2.75) is 19.8 Å². The lowest BCUT2D eigenvalue weighted by Crippen LogP contribution is -2.13. The van der Waals surface area contributed by atoms with E-state index in [9.17, 15) is 14.0 Å². The molecule has 1 amide bonds. The number of methoxy groups -OCH3 is 1. The first-order valence-corrected chi connectivity index (χ1v) is 5.15. The number of ether oxygens (including phenoxy) is 1. The van der Waals surface area contributed by atoms with Crippen LogP contribution in [0.1, 0.15) is 19.8 Å². The molecule has 5 heteroatoms. The molecule has 1 aromatic carbocycles. The van der Waals surface area contributed by atoms with Crippen LogP contribution in [0.2, 0.25) is 0 Å². The van der Waals surface area contributed by atoms with E-state index in [0.717, 1.165) is 0 Å². The maximum absolute atomic E-state index is 13.3. The van der Waals surface area contributed by atoms with Crippen molar-refractivity contribution < 1.29 is 18.7 Å². The molecule has 0 atom stereocenters. The van der Waals surface area contributed by atoms with Gasteiger partial charge in [0, 0.05) is 18.9 Å². The van der Waals surface area contributed by atoms with Crippen LogP contribution in [0, 0.1) is 5.82 Å². The van der Waals surface area contributed by atoms with E-state index in [-0.39, 0.29) is 24.3 Å². The fourth-order valence-corrected chi connectivity index (χ4v) is 1.23. The second-order valence-corrected chi connectivity index (χ2v) is 3.60. The molecule has 0 saturated heterocycles. The molecule has 0 spiro atoms. The summed E-state index contributed by atoms with van der Waals surface area (Å²) in [5.41, 5.74) is 0.0536. The predicted molar refractivity (Wildman–Crippen MR) is 61.5 cm³/mol. The maximum Gasteiger partial charge on any atom is 0.224 e. The third-order valence-corrected chi connectivity index (χ3v) is 2.15. The lowest BCUT2D eigenvalue weighted by molar-refractivity contribution is -0.121. The number of carbonyl (C=O) groups excluding carboxylic acids is 2. The smallest absolute Gasteiger partial charge is 0.224 e. The number of benzene rings is 1. The lowest BCUT2D eigenvalue weighted by Gasteiger charge is -2.07. The molecule has 0 aliphatic rings. The molecule has 0 heterocycles. The van der Waals surface area contributed by atoms with Crippen molar-refractivity contribution in [1.82, 2.24) is 0 Å². The Morgan fingerprint density at radius 2 is 2.06 bits per heavy atom. The second kappa shape index (κ2) is 5.98. The molecule has 0 aliphatic carbocycles. The van der Waals surface area contributed by atoms with E-state index in [4.69, 9.17) is 4.74 Å². The molecule has 92 valence electrons. The molecular formula is C12H14FNO3. The predicted octanol–water partition coefficient (Wildman–Crippen LogP) is 2.14. The zero-order valence-corrected chi connectivity index (χ0v) is 9.75. The summed E-state index contributed by atoms with van der Waals surface area (Å²) in [4.78, 5) is 22.1. The molecular weight excluding hydrogens is 225 g/mol. The zero-order chi connectivity index (χ0) is 12.8. The molecule has 0 bridgehead atoms. The van der Waals surface area contributed by atoms with Crippen LogP contribution in [-0.2, 0) is 9.59 Å². The number of nitrogens with one attached hydrogen (secondary N) is 1. The van der Waals surface area contributed by atoms with Crippen molar-refractivity contribution >= 4 is 17.4 Å². The highest BCUT2D eigenvalue weighted by atomic mass is 19.1. The average Bonchev–Trinajstić information content (AvgIpc) is 2.29. The molecule has 1 rings (SSSR count). The summed E-state index contributed by atoms with van der Waals surface area (Å²) in [7, 11) is 1.45. The van der Waals surface area contributed by atoms with E-state index in [1.165, 1.54) is 32.2 Å². The summed E-state index contributed by atoms with van der Waals surface area (Å²) in [6, 6.07) is 4.06. The highest BCUT2D eigenvalue weighted by molar-refractivity contribution is 5.93. The minimum atomic E-state index is -0.540. The van der Waals surface area contributed by atoms with Gasteiger partial charge in [0.05, 0.1) is 12.8 Å². The molecule has 0 unspecified atom stereocenters. The van der Waals surface area contributed by atoms with Gasteiger partial charge in [0.15, 0.2) is 0 Å². The fraction of sp³-hybridized carbons (Fsp3) is 0.333. The Kier molecular flexibility index (Phi) is 4.63. The highest BCUT2D eigenvalue weighted by Gasteiger charge is 2.09. The van der Waals surface area contributed by atoms with Crippen molar-refractivity contribution in [3.05, 3.63) is 24.0 Å². The van der Waals surface area contributed by atoms with Crippen LogP contribution in [0.5, 0.6) is 5.75 Å². The number of rotatable bonds is 5. The molecule has 0 radical (unpaired) electrons. The van der Waals surface area contributed by atoms with Crippen molar-refractivity contribution in [2.24, 2.45) is 0 Å². The van der Waals surface area contributed by atoms with Gasteiger partial charge < -0.3 is 14.8 Å². The van der Waals surface area contributed by atoms with E-state index in [0.29, 0.717) is 5.75 Å². The Labute approximate surface area is 98.8 Å². The Morgan fingerprint density at radius 1 is 1.35 bits per heavy atom. The lowest BCUT2D eigenvalue weighted by atomic mass is 10.2. The summed E-state index contributed by atoms with van der Waals surface area (Å²) < 4.78 is 18.2. The third-order valence-electron chi connectivity index (χ3n) is 2.15. The normalized spacial score (nSPS) is 9.82. The number of ketones is 1. The first-order chi connectivity index (χ1) is 8.02. The first-order valence-electron chi connectivity index (χ1n) is 5.15. The number of amides is 1. The Morgan fingerprint density at radius 3 is 2.65 bits per heavy atom. The highest BCUT2D eigenvalue weighted by Crippen LogP contribution is 2.21. The van der Waals surface area contributed by atoms with Crippen molar-refractivity contribution in [1.29, 1.82) is 0 Å². The van der Waals surface area contributed by atoms with Crippen LogP contribution >= 0.6 is 0 Å². The van der Waals surface area contributed by atoms with Crippen LogP contribution in [0.4, 0.5) is 10.1 Å². The quantitative estimate of drug-likeness (QED) is 0.856. The number of carbonyl (C=O) groups is 2. The van der Waals surface area contributed by atoms with Crippen LogP contribution in [0.25, 0.3) is 0 Å². The van der Waals surface area contributed by atoms with E-state index in [1.54, 1.807) is 0 Å². The molecule has 0 fully saturated rings. The molecule has 1 aromatic rings. The Balaban J connectivity index is 2.67. The molecule has 4 nitrogen and oxygen atoms in total. The van der Waals surface area contributed by atoms with Gasteiger partial charge in [-0.15, -0.1) is 0 Å². The van der Waals surface area contributed by atoms with Crippen LogP contribution in [0.15, 0.2) is 18.2 Å². The van der Waals surface area contributed by atoms with Gasteiger partial charge in [-0.25, -0.2) is 4.39 Å². The standard InChI is InChI=1S/C12H14FNO3/c1-8(15)3-6-12(16)14-11-7-9(17-2)4-5-10(11)13/h4-5,7H,3,6H2,1-2H3,(H,14,16). The van der Waals surface area contributed by atoms with Gasteiger partial charge in [0.25, 0.3) is 0 Å². The van der Waals surface area contributed by atoms with Gasteiger partial charge in [0.1, 0.15) is 17.3 Å². The topological polar surface area (TPSA) is 55.4 Å². The zero-order valence-electron chi connectivity index (χ0n) is 9.75. The van der Waals surface area contributed by atoms with Crippen LogP contribution < -0.4 is 10.1 Å². The SMILES string of the molecule is COc1ccc(F)c(NC(=O)CCC(C)=O)c1. The fourth-order valence-electron chi connectivity index (χ4n) is 1.23. The van der Waals surface area contributed by atoms with Gasteiger partial charge >= 0.3 is 0 Å². The number of hydrogen-bond donors (Lipinski definition) is 1. The Bertz CT molecular complexity index is 432. The summed E-state index contributed by atoms with van der Waals surface area (Å²) in [6.45, 7) is 1.40. The molecule has 0 saturated carbocycles. The van der Waals surface area contributed by atoms with Gasteiger partial charge in [-0.1, -0.05) is 0 Å². The molecule has 0 aromatic heterocycles. The minimum Gasteiger partial charge on any atom is -0.497 e. The monoisotopic (exact) mass is 239 g/mol. The van der Waals surface area contributed by atoms with E-state index >= 15 is 0 Å².